The smallest absolute Gasteiger partial charge is 0.272 e. The molecule has 0 aliphatic carbocycles. The predicted molar refractivity (Wildman–Crippen MR) is 144 cm³/mol. The van der Waals surface area contributed by atoms with Gasteiger partial charge in [-0.3, -0.25) is 9.59 Å². The van der Waals surface area contributed by atoms with Gasteiger partial charge in [-0.2, -0.15) is 0 Å². The topological polar surface area (TPSA) is 83.7 Å². The number of fused-ring (bicyclic) bond motifs is 2. The SMILES string of the molecule is O=C(NCc1ccc2c(c1)OCO2)C1CCCN(c2c(-c3ccccc3)c3cc(Cl)ccc3[nH]c2=O)C1. The van der Waals surface area contributed by atoms with Crippen LogP contribution >= 0.6 is 11.6 Å². The molecule has 1 saturated heterocycles. The highest BCUT2D eigenvalue weighted by Crippen LogP contribution is 2.37. The minimum Gasteiger partial charge on any atom is -0.454 e. The summed E-state index contributed by atoms with van der Waals surface area (Å²) in [5, 5.41) is 4.54. The molecule has 4 aromatic rings. The quantitative estimate of drug-likeness (QED) is 0.386. The van der Waals surface area contributed by atoms with Crippen LogP contribution in [0.25, 0.3) is 22.0 Å². The number of piperidine rings is 1. The number of ether oxygens (including phenoxy) is 2. The molecule has 7 nitrogen and oxygen atoms in total. The van der Waals surface area contributed by atoms with Crippen LogP contribution in [-0.2, 0) is 11.3 Å². The van der Waals surface area contributed by atoms with E-state index >= 15 is 0 Å². The van der Waals surface area contributed by atoms with E-state index in [-0.39, 0.29) is 24.2 Å². The molecule has 8 heteroatoms. The van der Waals surface area contributed by atoms with E-state index in [1.165, 1.54) is 0 Å². The van der Waals surface area contributed by atoms with Crippen molar-refractivity contribution < 1.29 is 14.3 Å². The van der Waals surface area contributed by atoms with E-state index in [4.69, 9.17) is 21.1 Å². The number of H-pyrrole nitrogens is 1. The monoisotopic (exact) mass is 515 g/mol. The number of anilines is 1. The fourth-order valence-electron chi connectivity index (χ4n) is 5.23. The summed E-state index contributed by atoms with van der Waals surface area (Å²) in [5.74, 6) is 1.15. The van der Waals surface area contributed by atoms with Crippen molar-refractivity contribution in [3.05, 3.63) is 87.7 Å². The lowest BCUT2D eigenvalue weighted by Gasteiger charge is -2.34. The number of halogens is 1. The molecule has 3 heterocycles. The molecule has 1 atom stereocenters. The van der Waals surface area contributed by atoms with Crippen LogP contribution in [0.15, 0.2) is 71.5 Å². The normalized spacial score (nSPS) is 16.7. The second-order valence-corrected chi connectivity index (χ2v) is 9.86. The number of rotatable bonds is 5. The molecule has 1 aromatic heterocycles. The number of nitrogens with zero attached hydrogens (tertiary/aromatic N) is 1. The lowest BCUT2D eigenvalue weighted by atomic mass is 9.94. The number of hydrogen-bond acceptors (Lipinski definition) is 5. The Morgan fingerprint density at radius 2 is 1.89 bits per heavy atom. The van der Waals surface area contributed by atoms with Crippen molar-refractivity contribution in [1.29, 1.82) is 0 Å². The molecule has 6 rings (SSSR count). The number of hydrogen-bond donors (Lipinski definition) is 2. The summed E-state index contributed by atoms with van der Waals surface area (Å²) in [7, 11) is 0. The van der Waals surface area contributed by atoms with E-state index in [1.807, 2.05) is 60.7 Å². The van der Waals surface area contributed by atoms with Crippen LogP contribution in [0.3, 0.4) is 0 Å². The highest BCUT2D eigenvalue weighted by atomic mass is 35.5. The van der Waals surface area contributed by atoms with Gasteiger partial charge in [0.15, 0.2) is 11.5 Å². The number of aromatic nitrogens is 1. The predicted octanol–water partition coefficient (Wildman–Crippen LogP) is 5.11. The van der Waals surface area contributed by atoms with Gasteiger partial charge in [0.05, 0.1) is 5.92 Å². The lowest BCUT2D eigenvalue weighted by molar-refractivity contribution is -0.125. The van der Waals surface area contributed by atoms with Gasteiger partial charge in [0, 0.05) is 41.1 Å². The van der Waals surface area contributed by atoms with Gasteiger partial charge >= 0.3 is 0 Å². The number of pyridine rings is 1. The molecule has 2 aliphatic rings. The summed E-state index contributed by atoms with van der Waals surface area (Å²) in [5.41, 5.74) is 3.85. The minimum absolute atomic E-state index is 0.0242. The first-order valence-corrected chi connectivity index (χ1v) is 12.8. The lowest BCUT2D eigenvalue weighted by Crippen LogP contribution is -2.44. The summed E-state index contributed by atoms with van der Waals surface area (Å²) in [4.78, 5) is 31.7. The van der Waals surface area contributed by atoms with Crippen molar-refractivity contribution >= 4 is 34.1 Å². The molecular weight excluding hydrogens is 490 g/mol. The van der Waals surface area contributed by atoms with E-state index in [0.29, 0.717) is 41.8 Å². The Bertz CT molecular complexity index is 1540. The van der Waals surface area contributed by atoms with Crippen molar-refractivity contribution in [2.75, 3.05) is 24.8 Å². The highest BCUT2D eigenvalue weighted by Gasteiger charge is 2.29. The molecule has 0 radical (unpaired) electrons. The van der Waals surface area contributed by atoms with Crippen LogP contribution in [0.4, 0.5) is 5.69 Å². The zero-order chi connectivity index (χ0) is 25.4. The molecular formula is C29H26ClN3O4. The summed E-state index contributed by atoms with van der Waals surface area (Å²) < 4.78 is 10.8. The van der Waals surface area contributed by atoms with Crippen LogP contribution in [0.5, 0.6) is 11.5 Å². The Labute approximate surface area is 219 Å². The van der Waals surface area contributed by atoms with Gasteiger partial charge in [-0.05, 0) is 54.3 Å². The van der Waals surface area contributed by atoms with Gasteiger partial charge in [-0.15, -0.1) is 0 Å². The standard InChI is InChI=1S/C29H26ClN3O4/c30-21-9-10-23-22(14-21)26(19-5-2-1-3-6-19)27(29(35)32-23)33-12-4-7-20(16-33)28(34)31-15-18-8-11-24-25(13-18)37-17-36-24/h1-3,5-6,8-11,13-14,20H,4,7,12,15-17H2,(H,31,34)(H,32,35). The molecule has 0 spiro atoms. The average Bonchev–Trinajstić information content (AvgIpc) is 3.40. The second kappa shape index (κ2) is 9.82. The summed E-state index contributed by atoms with van der Waals surface area (Å²) >= 11 is 6.36. The zero-order valence-electron chi connectivity index (χ0n) is 20.1. The molecule has 0 bridgehead atoms. The molecule has 37 heavy (non-hydrogen) atoms. The highest BCUT2D eigenvalue weighted by molar-refractivity contribution is 6.31. The van der Waals surface area contributed by atoms with Crippen molar-refractivity contribution in [2.45, 2.75) is 19.4 Å². The van der Waals surface area contributed by atoms with Crippen molar-refractivity contribution in [3.8, 4) is 22.6 Å². The fraction of sp³-hybridized carbons (Fsp3) is 0.241. The van der Waals surface area contributed by atoms with Crippen LogP contribution < -0.4 is 25.2 Å². The van der Waals surface area contributed by atoms with E-state index in [2.05, 4.69) is 15.2 Å². The number of carbonyl (C=O) groups is 1. The van der Waals surface area contributed by atoms with Crippen LogP contribution in [0.2, 0.25) is 5.02 Å². The van der Waals surface area contributed by atoms with Crippen molar-refractivity contribution in [2.24, 2.45) is 5.92 Å². The van der Waals surface area contributed by atoms with E-state index in [0.717, 1.165) is 40.4 Å². The third-order valence-corrected chi connectivity index (χ3v) is 7.26. The average molecular weight is 516 g/mol. The number of amides is 1. The maximum Gasteiger partial charge on any atom is 0.272 e. The number of nitrogens with one attached hydrogen (secondary N) is 2. The van der Waals surface area contributed by atoms with E-state index < -0.39 is 0 Å². The van der Waals surface area contributed by atoms with E-state index in [1.54, 1.807) is 6.07 Å². The Morgan fingerprint density at radius 3 is 2.76 bits per heavy atom. The molecule has 0 saturated carbocycles. The number of benzene rings is 3. The molecule has 1 amide bonds. The van der Waals surface area contributed by atoms with Crippen LogP contribution in [-0.4, -0.2) is 30.8 Å². The Hall–Kier alpha value is -3.97. The van der Waals surface area contributed by atoms with Gasteiger partial charge in [0.1, 0.15) is 5.69 Å². The van der Waals surface area contributed by atoms with Gasteiger partial charge in [-0.25, -0.2) is 0 Å². The summed E-state index contributed by atoms with van der Waals surface area (Å²) in [6, 6.07) is 21.0. The summed E-state index contributed by atoms with van der Waals surface area (Å²) in [6.45, 7) is 1.77. The first kappa shape index (κ1) is 23.4. The van der Waals surface area contributed by atoms with E-state index in [9.17, 15) is 9.59 Å². The first-order valence-electron chi connectivity index (χ1n) is 12.4. The Morgan fingerprint density at radius 1 is 1.05 bits per heavy atom. The van der Waals surface area contributed by atoms with Crippen LogP contribution in [0, 0.1) is 5.92 Å². The molecule has 3 aromatic carbocycles. The second-order valence-electron chi connectivity index (χ2n) is 9.42. The van der Waals surface area contributed by atoms with Gasteiger partial charge in [0.25, 0.3) is 5.56 Å². The maximum atomic E-state index is 13.4. The molecule has 2 aliphatic heterocycles. The zero-order valence-corrected chi connectivity index (χ0v) is 20.9. The number of aromatic amines is 1. The third kappa shape index (κ3) is 4.62. The van der Waals surface area contributed by atoms with Crippen molar-refractivity contribution in [3.63, 3.8) is 0 Å². The molecule has 2 N–H and O–H groups in total. The van der Waals surface area contributed by atoms with Crippen molar-refractivity contribution in [1.82, 2.24) is 10.3 Å². The number of carbonyl (C=O) groups excluding carboxylic acids is 1. The molecule has 1 fully saturated rings. The minimum atomic E-state index is -0.235. The van der Waals surface area contributed by atoms with Gasteiger partial charge in [0.2, 0.25) is 12.7 Å². The Kier molecular flexibility index (Phi) is 6.22. The van der Waals surface area contributed by atoms with Gasteiger partial charge < -0.3 is 24.7 Å². The third-order valence-electron chi connectivity index (χ3n) is 7.03. The summed E-state index contributed by atoms with van der Waals surface area (Å²) in [6.07, 6.45) is 1.57. The largest absolute Gasteiger partial charge is 0.454 e. The maximum absolute atomic E-state index is 13.4. The van der Waals surface area contributed by atoms with Crippen LogP contribution in [0.1, 0.15) is 18.4 Å². The Balaban J connectivity index is 1.28. The molecule has 188 valence electrons. The first-order chi connectivity index (χ1) is 18.1. The molecule has 1 unspecified atom stereocenters. The van der Waals surface area contributed by atoms with Gasteiger partial charge in [-0.1, -0.05) is 48.0 Å². The fourth-order valence-corrected chi connectivity index (χ4v) is 5.40.